The van der Waals surface area contributed by atoms with Crippen LogP contribution in [-0.4, -0.2) is 18.1 Å². The van der Waals surface area contributed by atoms with Crippen molar-refractivity contribution in [1.29, 1.82) is 0 Å². The van der Waals surface area contributed by atoms with Crippen LogP contribution in [0.25, 0.3) is 11.1 Å². The molecule has 2 aromatic rings. The lowest BCUT2D eigenvalue weighted by Crippen LogP contribution is -2.14. The number of rotatable bonds is 3. The first kappa shape index (κ1) is 15.9. The smallest absolute Gasteiger partial charge is 0.340 e. The molecule has 0 aliphatic heterocycles. The van der Waals surface area contributed by atoms with Gasteiger partial charge in [0, 0.05) is 5.56 Å². The van der Waals surface area contributed by atoms with Crippen molar-refractivity contribution in [3.63, 3.8) is 0 Å². The van der Waals surface area contributed by atoms with Crippen LogP contribution in [0.4, 0.5) is 10.2 Å². The highest BCUT2D eigenvalue weighted by atomic mass is 19.1. The summed E-state index contributed by atoms with van der Waals surface area (Å²) in [6, 6.07) is 5.93. The molecule has 0 bridgehead atoms. The lowest BCUT2D eigenvalue weighted by atomic mass is 9.91. The number of methoxy groups -OCH3 is 1. The van der Waals surface area contributed by atoms with Crippen LogP contribution < -0.4 is 5.73 Å². The van der Waals surface area contributed by atoms with Crippen molar-refractivity contribution in [3.8, 4) is 11.1 Å². The van der Waals surface area contributed by atoms with Crippen LogP contribution in [0, 0.1) is 12.7 Å². The van der Waals surface area contributed by atoms with Gasteiger partial charge in [-0.2, -0.15) is 0 Å². The van der Waals surface area contributed by atoms with Crippen molar-refractivity contribution in [2.75, 3.05) is 12.8 Å². The fourth-order valence-electron chi connectivity index (χ4n) is 2.42. The minimum absolute atomic E-state index is 0.00352. The number of carbonyl (C=O) groups excluding carboxylic acids is 1. The number of ether oxygens (including phenoxy) is 1. The van der Waals surface area contributed by atoms with E-state index < -0.39 is 5.97 Å². The fourth-order valence-corrected chi connectivity index (χ4v) is 2.42. The number of aromatic nitrogens is 1. The molecule has 0 aliphatic carbocycles. The van der Waals surface area contributed by atoms with Crippen LogP contribution in [-0.2, 0) is 4.74 Å². The molecule has 0 amide bonds. The molecule has 1 aromatic carbocycles. The maximum absolute atomic E-state index is 13.2. The summed E-state index contributed by atoms with van der Waals surface area (Å²) in [5, 5.41) is 0. The summed E-state index contributed by atoms with van der Waals surface area (Å²) in [5.74, 6) is -0.461. The molecule has 0 unspecified atom stereocenters. The van der Waals surface area contributed by atoms with E-state index in [0.717, 1.165) is 0 Å². The van der Waals surface area contributed by atoms with E-state index in [1.807, 2.05) is 13.8 Å². The van der Waals surface area contributed by atoms with Crippen molar-refractivity contribution in [2.24, 2.45) is 0 Å². The molecule has 116 valence electrons. The SMILES string of the molecule is COC(=O)c1c(C(C)C)nc(N)c(C)c1-c1ccc(F)cc1. The van der Waals surface area contributed by atoms with E-state index in [1.165, 1.54) is 19.2 Å². The van der Waals surface area contributed by atoms with Crippen LogP contribution >= 0.6 is 0 Å². The molecule has 0 fully saturated rings. The van der Waals surface area contributed by atoms with Gasteiger partial charge in [0.2, 0.25) is 0 Å². The fraction of sp³-hybridized carbons (Fsp3) is 0.294. The highest BCUT2D eigenvalue weighted by Gasteiger charge is 2.25. The average Bonchev–Trinajstić information content (AvgIpc) is 2.49. The Hall–Kier alpha value is -2.43. The van der Waals surface area contributed by atoms with E-state index >= 15 is 0 Å². The third-order valence-electron chi connectivity index (χ3n) is 3.58. The molecule has 2 rings (SSSR count). The lowest BCUT2D eigenvalue weighted by molar-refractivity contribution is 0.0599. The molecular formula is C17H19FN2O2. The van der Waals surface area contributed by atoms with Gasteiger partial charge in [-0.3, -0.25) is 0 Å². The predicted octanol–water partition coefficient (Wildman–Crippen LogP) is 3.69. The number of hydrogen-bond donors (Lipinski definition) is 1. The van der Waals surface area contributed by atoms with Gasteiger partial charge < -0.3 is 10.5 Å². The second-order valence-electron chi connectivity index (χ2n) is 5.41. The molecule has 1 aromatic heterocycles. The highest BCUT2D eigenvalue weighted by Crippen LogP contribution is 2.35. The number of nitrogens with zero attached hydrogens (tertiary/aromatic N) is 1. The third kappa shape index (κ3) is 2.79. The first-order chi connectivity index (χ1) is 10.4. The zero-order chi connectivity index (χ0) is 16.4. The molecule has 0 saturated heterocycles. The summed E-state index contributed by atoms with van der Waals surface area (Å²) in [6.07, 6.45) is 0. The van der Waals surface area contributed by atoms with Crippen molar-refractivity contribution >= 4 is 11.8 Å². The van der Waals surface area contributed by atoms with Crippen LogP contribution in [0.3, 0.4) is 0 Å². The minimum atomic E-state index is -0.473. The number of carbonyl (C=O) groups is 1. The second-order valence-corrected chi connectivity index (χ2v) is 5.41. The Labute approximate surface area is 129 Å². The normalized spacial score (nSPS) is 10.8. The van der Waals surface area contributed by atoms with Crippen molar-refractivity contribution in [2.45, 2.75) is 26.7 Å². The summed E-state index contributed by atoms with van der Waals surface area (Å²) in [4.78, 5) is 16.6. The zero-order valence-corrected chi connectivity index (χ0v) is 13.1. The number of nitrogen functional groups attached to an aromatic ring is 1. The van der Waals surface area contributed by atoms with E-state index in [9.17, 15) is 9.18 Å². The molecule has 22 heavy (non-hydrogen) atoms. The molecular weight excluding hydrogens is 283 g/mol. The summed E-state index contributed by atoms with van der Waals surface area (Å²) in [5.41, 5.74) is 8.99. The van der Waals surface area contributed by atoms with Gasteiger partial charge in [-0.15, -0.1) is 0 Å². The third-order valence-corrected chi connectivity index (χ3v) is 3.58. The van der Waals surface area contributed by atoms with Crippen LogP contribution in [0.5, 0.6) is 0 Å². The Bertz CT molecular complexity index is 710. The van der Waals surface area contributed by atoms with E-state index in [4.69, 9.17) is 10.5 Å². The topological polar surface area (TPSA) is 65.2 Å². The summed E-state index contributed by atoms with van der Waals surface area (Å²) < 4.78 is 18.1. The van der Waals surface area contributed by atoms with Gasteiger partial charge in [0.25, 0.3) is 0 Å². The number of esters is 1. The Balaban J connectivity index is 2.85. The largest absolute Gasteiger partial charge is 0.465 e. The molecule has 0 atom stereocenters. The summed E-state index contributed by atoms with van der Waals surface area (Å²) >= 11 is 0. The number of halogens is 1. The molecule has 0 spiro atoms. The molecule has 0 saturated carbocycles. The van der Waals surface area contributed by atoms with Gasteiger partial charge in [0.1, 0.15) is 11.6 Å². The zero-order valence-electron chi connectivity index (χ0n) is 13.1. The molecule has 2 N–H and O–H groups in total. The number of pyridine rings is 1. The molecule has 0 aliphatic rings. The Morgan fingerprint density at radius 1 is 1.27 bits per heavy atom. The highest BCUT2D eigenvalue weighted by molar-refractivity contribution is 6.00. The lowest BCUT2D eigenvalue weighted by Gasteiger charge is -2.19. The standard InChI is InChI=1S/C17H19FN2O2/c1-9(2)15-14(17(21)22-4)13(10(3)16(19)20-15)11-5-7-12(18)8-6-11/h5-9H,1-4H3,(H2,19,20). The van der Waals surface area contributed by atoms with Gasteiger partial charge in [-0.1, -0.05) is 26.0 Å². The maximum Gasteiger partial charge on any atom is 0.340 e. The van der Waals surface area contributed by atoms with Crippen molar-refractivity contribution in [3.05, 3.63) is 46.9 Å². The van der Waals surface area contributed by atoms with E-state index in [0.29, 0.717) is 33.8 Å². The number of benzene rings is 1. The Morgan fingerprint density at radius 2 is 1.86 bits per heavy atom. The maximum atomic E-state index is 13.2. The first-order valence-corrected chi connectivity index (χ1v) is 7.01. The average molecular weight is 302 g/mol. The Morgan fingerprint density at radius 3 is 2.36 bits per heavy atom. The second kappa shape index (κ2) is 6.13. The van der Waals surface area contributed by atoms with Gasteiger partial charge >= 0.3 is 5.97 Å². The monoisotopic (exact) mass is 302 g/mol. The van der Waals surface area contributed by atoms with Gasteiger partial charge in [0.05, 0.1) is 18.4 Å². The van der Waals surface area contributed by atoms with Crippen molar-refractivity contribution in [1.82, 2.24) is 4.98 Å². The Kier molecular flexibility index (Phi) is 4.45. The number of nitrogens with two attached hydrogens (primary N) is 1. The minimum Gasteiger partial charge on any atom is -0.465 e. The molecule has 1 heterocycles. The number of anilines is 1. The van der Waals surface area contributed by atoms with Crippen LogP contribution in [0.1, 0.15) is 41.4 Å². The van der Waals surface area contributed by atoms with Gasteiger partial charge in [-0.25, -0.2) is 14.2 Å². The number of hydrogen-bond acceptors (Lipinski definition) is 4. The molecule has 4 nitrogen and oxygen atoms in total. The molecule has 5 heteroatoms. The van der Waals surface area contributed by atoms with Gasteiger partial charge in [0.15, 0.2) is 0 Å². The van der Waals surface area contributed by atoms with E-state index in [2.05, 4.69) is 4.98 Å². The van der Waals surface area contributed by atoms with Crippen LogP contribution in [0.15, 0.2) is 24.3 Å². The molecule has 0 radical (unpaired) electrons. The summed E-state index contributed by atoms with van der Waals surface area (Å²) in [7, 11) is 1.33. The van der Waals surface area contributed by atoms with E-state index in [1.54, 1.807) is 19.1 Å². The van der Waals surface area contributed by atoms with Crippen LogP contribution in [0.2, 0.25) is 0 Å². The first-order valence-electron chi connectivity index (χ1n) is 7.01. The predicted molar refractivity (Wildman–Crippen MR) is 84.2 cm³/mol. The van der Waals surface area contributed by atoms with Gasteiger partial charge in [-0.05, 0) is 36.1 Å². The van der Waals surface area contributed by atoms with Crippen molar-refractivity contribution < 1.29 is 13.9 Å². The quantitative estimate of drug-likeness (QED) is 0.878. The van der Waals surface area contributed by atoms with E-state index in [-0.39, 0.29) is 11.7 Å². The summed E-state index contributed by atoms with van der Waals surface area (Å²) in [6.45, 7) is 5.65.